The number of halogens is 3. The molecule has 6 heteroatoms. The first-order valence-electron chi connectivity index (χ1n) is 7.74. The summed E-state index contributed by atoms with van der Waals surface area (Å²) in [6, 6.07) is 13.1. The van der Waals surface area contributed by atoms with Gasteiger partial charge in [-0.2, -0.15) is 0 Å². The minimum atomic E-state index is 0.0838. The second kappa shape index (κ2) is 7.87. The van der Waals surface area contributed by atoms with Crippen LogP contribution in [0.4, 0.5) is 0 Å². The van der Waals surface area contributed by atoms with Crippen LogP contribution >= 0.6 is 39.1 Å². The fourth-order valence-electron chi connectivity index (χ4n) is 2.80. The predicted octanol–water partition coefficient (Wildman–Crippen LogP) is 4.71. The van der Waals surface area contributed by atoms with Gasteiger partial charge in [0.1, 0.15) is 0 Å². The van der Waals surface area contributed by atoms with Crippen molar-refractivity contribution in [2.45, 2.75) is 6.54 Å². The number of benzene rings is 2. The van der Waals surface area contributed by atoms with Gasteiger partial charge in [0.15, 0.2) is 0 Å². The van der Waals surface area contributed by atoms with Crippen LogP contribution in [0.2, 0.25) is 10.0 Å². The predicted molar refractivity (Wildman–Crippen MR) is 102 cm³/mol. The summed E-state index contributed by atoms with van der Waals surface area (Å²) in [5.74, 6) is 0.0838. The molecule has 3 rings (SSSR count). The molecule has 0 radical (unpaired) electrons. The second-order valence-electron chi connectivity index (χ2n) is 5.81. The number of amides is 1. The molecule has 0 aromatic heterocycles. The maximum atomic E-state index is 12.6. The SMILES string of the molecule is O=C(c1cccc(Br)c1)N1CCN(Cc2ccc(Cl)cc2Cl)CC1. The number of hydrogen-bond donors (Lipinski definition) is 0. The Kier molecular flexibility index (Phi) is 5.82. The first-order valence-corrected chi connectivity index (χ1v) is 9.29. The summed E-state index contributed by atoms with van der Waals surface area (Å²) >= 11 is 15.6. The molecule has 0 spiro atoms. The van der Waals surface area contributed by atoms with E-state index in [0.29, 0.717) is 10.0 Å². The maximum absolute atomic E-state index is 12.6. The molecule has 0 atom stereocenters. The molecular weight excluding hydrogens is 411 g/mol. The van der Waals surface area contributed by atoms with Gasteiger partial charge >= 0.3 is 0 Å². The van der Waals surface area contributed by atoms with Crippen molar-refractivity contribution in [1.29, 1.82) is 0 Å². The molecule has 1 fully saturated rings. The van der Waals surface area contributed by atoms with Gasteiger partial charge in [-0.05, 0) is 35.9 Å². The fourth-order valence-corrected chi connectivity index (χ4v) is 3.67. The van der Waals surface area contributed by atoms with E-state index in [0.717, 1.165) is 48.3 Å². The van der Waals surface area contributed by atoms with Crippen molar-refractivity contribution >= 4 is 45.0 Å². The van der Waals surface area contributed by atoms with Crippen LogP contribution in [0.5, 0.6) is 0 Å². The molecule has 2 aromatic rings. The molecule has 3 nitrogen and oxygen atoms in total. The Labute approximate surface area is 160 Å². The van der Waals surface area contributed by atoms with Crippen molar-refractivity contribution < 1.29 is 4.79 Å². The normalized spacial score (nSPS) is 15.5. The largest absolute Gasteiger partial charge is 0.336 e. The average molecular weight is 428 g/mol. The molecule has 1 aliphatic heterocycles. The number of carbonyl (C=O) groups is 1. The van der Waals surface area contributed by atoms with Crippen molar-refractivity contribution in [1.82, 2.24) is 9.80 Å². The van der Waals surface area contributed by atoms with Crippen molar-refractivity contribution in [3.05, 3.63) is 68.1 Å². The minimum absolute atomic E-state index is 0.0838. The molecule has 2 aromatic carbocycles. The van der Waals surface area contributed by atoms with E-state index in [2.05, 4.69) is 20.8 Å². The molecule has 24 heavy (non-hydrogen) atoms. The molecule has 0 bridgehead atoms. The van der Waals surface area contributed by atoms with Crippen LogP contribution in [0.15, 0.2) is 46.9 Å². The summed E-state index contributed by atoms with van der Waals surface area (Å²) in [6.07, 6.45) is 0. The standard InChI is InChI=1S/C18H17BrCl2N2O/c19-15-3-1-2-13(10-15)18(24)23-8-6-22(7-9-23)12-14-4-5-16(20)11-17(14)21/h1-5,10-11H,6-9,12H2. The van der Waals surface area contributed by atoms with Gasteiger partial charge in [-0.25, -0.2) is 0 Å². The quantitative estimate of drug-likeness (QED) is 0.707. The molecular formula is C18H17BrCl2N2O. The van der Waals surface area contributed by atoms with Crippen LogP contribution in [-0.4, -0.2) is 41.9 Å². The third-order valence-corrected chi connectivity index (χ3v) is 5.22. The fraction of sp³-hybridized carbons (Fsp3) is 0.278. The number of hydrogen-bond acceptors (Lipinski definition) is 2. The maximum Gasteiger partial charge on any atom is 0.253 e. The van der Waals surface area contributed by atoms with Gasteiger partial charge < -0.3 is 4.90 Å². The van der Waals surface area contributed by atoms with E-state index in [9.17, 15) is 4.79 Å². The lowest BCUT2D eigenvalue weighted by atomic mass is 10.1. The lowest BCUT2D eigenvalue weighted by molar-refractivity contribution is 0.0628. The molecule has 0 aliphatic carbocycles. The van der Waals surface area contributed by atoms with Gasteiger partial charge in [-0.1, -0.05) is 51.3 Å². The Morgan fingerprint density at radius 3 is 2.46 bits per heavy atom. The summed E-state index contributed by atoms with van der Waals surface area (Å²) in [6.45, 7) is 3.87. The highest BCUT2D eigenvalue weighted by Crippen LogP contribution is 2.23. The average Bonchev–Trinajstić information content (AvgIpc) is 2.57. The van der Waals surface area contributed by atoms with E-state index in [1.54, 1.807) is 6.07 Å². The van der Waals surface area contributed by atoms with Crippen molar-refractivity contribution in [3.63, 3.8) is 0 Å². The molecule has 126 valence electrons. The van der Waals surface area contributed by atoms with E-state index >= 15 is 0 Å². The van der Waals surface area contributed by atoms with Crippen LogP contribution < -0.4 is 0 Å². The van der Waals surface area contributed by atoms with Crippen LogP contribution in [-0.2, 0) is 6.54 Å². The molecule has 0 unspecified atom stereocenters. The van der Waals surface area contributed by atoms with E-state index in [4.69, 9.17) is 23.2 Å². The van der Waals surface area contributed by atoms with Crippen molar-refractivity contribution in [3.8, 4) is 0 Å². The number of carbonyl (C=O) groups excluding carboxylic acids is 1. The lowest BCUT2D eigenvalue weighted by Gasteiger charge is -2.35. The van der Waals surface area contributed by atoms with Gasteiger partial charge in [-0.15, -0.1) is 0 Å². The number of rotatable bonds is 3. The van der Waals surface area contributed by atoms with Gasteiger partial charge in [0.05, 0.1) is 0 Å². The minimum Gasteiger partial charge on any atom is -0.336 e. The van der Waals surface area contributed by atoms with E-state index in [-0.39, 0.29) is 5.91 Å². The Bertz CT molecular complexity index is 746. The third kappa shape index (κ3) is 4.31. The second-order valence-corrected chi connectivity index (χ2v) is 7.57. The third-order valence-electron chi connectivity index (χ3n) is 4.14. The van der Waals surface area contributed by atoms with Gasteiger partial charge in [-0.3, -0.25) is 9.69 Å². The topological polar surface area (TPSA) is 23.6 Å². The highest BCUT2D eigenvalue weighted by molar-refractivity contribution is 9.10. The van der Waals surface area contributed by atoms with Crippen LogP contribution in [0, 0.1) is 0 Å². The smallest absolute Gasteiger partial charge is 0.253 e. The monoisotopic (exact) mass is 426 g/mol. The summed E-state index contributed by atoms with van der Waals surface area (Å²) in [4.78, 5) is 16.8. The summed E-state index contributed by atoms with van der Waals surface area (Å²) in [7, 11) is 0. The van der Waals surface area contributed by atoms with Gasteiger partial charge in [0.2, 0.25) is 0 Å². The Morgan fingerprint density at radius 2 is 1.79 bits per heavy atom. The highest BCUT2D eigenvalue weighted by Gasteiger charge is 2.22. The van der Waals surface area contributed by atoms with Crippen LogP contribution in [0.1, 0.15) is 15.9 Å². The molecule has 1 aliphatic rings. The molecule has 1 saturated heterocycles. The van der Waals surface area contributed by atoms with Crippen molar-refractivity contribution in [2.24, 2.45) is 0 Å². The molecule has 1 amide bonds. The van der Waals surface area contributed by atoms with E-state index in [1.807, 2.05) is 41.3 Å². The Balaban J connectivity index is 1.58. The Hall–Kier alpha value is -1.07. The zero-order chi connectivity index (χ0) is 17.1. The summed E-state index contributed by atoms with van der Waals surface area (Å²) in [5, 5.41) is 1.34. The molecule has 0 saturated carbocycles. The lowest BCUT2D eigenvalue weighted by Crippen LogP contribution is -2.48. The van der Waals surface area contributed by atoms with E-state index < -0.39 is 0 Å². The Morgan fingerprint density at radius 1 is 1.04 bits per heavy atom. The first kappa shape index (κ1) is 17.7. The summed E-state index contributed by atoms with van der Waals surface area (Å²) in [5.41, 5.74) is 1.78. The van der Waals surface area contributed by atoms with Crippen LogP contribution in [0.3, 0.4) is 0 Å². The van der Waals surface area contributed by atoms with Crippen molar-refractivity contribution in [2.75, 3.05) is 26.2 Å². The van der Waals surface area contributed by atoms with Gasteiger partial charge in [0, 0.05) is 52.8 Å². The first-order chi connectivity index (χ1) is 11.5. The van der Waals surface area contributed by atoms with Crippen LogP contribution in [0.25, 0.3) is 0 Å². The zero-order valence-corrected chi connectivity index (χ0v) is 16.1. The summed E-state index contributed by atoms with van der Waals surface area (Å²) < 4.78 is 0.921. The molecule has 0 N–H and O–H groups in total. The van der Waals surface area contributed by atoms with E-state index in [1.165, 1.54) is 0 Å². The number of nitrogens with zero attached hydrogens (tertiary/aromatic N) is 2. The highest BCUT2D eigenvalue weighted by atomic mass is 79.9. The molecule has 1 heterocycles. The van der Waals surface area contributed by atoms with Gasteiger partial charge in [0.25, 0.3) is 5.91 Å². The zero-order valence-electron chi connectivity index (χ0n) is 13.0. The number of piperazine rings is 1.